The van der Waals surface area contributed by atoms with E-state index in [0.29, 0.717) is 0 Å². The minimum atomic E-state index is 0.897. The minimum Gasteiger partial charge on any atom is -0.455 e. The summed E-state index contributed by atoms with van der Waals surface area (Å²) in [7, 11) is 0. The fourth-order valence-electron chi connectivity index (χ4n) is 8.21. The monoisotopic (exact) mass is 719 g/mol. The molecule has 0 atom stereocenters. The van der Waals surface area contributed by atoms with Crippen LogP contribution in [0.4, 0.5) is 17.1 Å². The van der Waals surface area contributed by atoms with Crippen molar-refractivity contribution in [2.75, 3.05) is 4.90 Å². The topological polar surface area (TPSA) is 16.4 Å². The molecule has 0 unspecified atom stereocenters. The lowest BCUT2D eigenvalue weighted by molar-refractivity contribution is 0.670. The van der Waals surface area contributed by atoms with Gasteiger partial charge in [-0.2, -0.15) is 0 Å². The molecule has 0 amide bonds. The Hall–Kier alpha value is -6.94. The van der Waals surface area contributed by atoms with Crippen molar-refractivity contribution in [1.29, 1.82) is 0 Å². The standard InChI is InChI=1S/C52H33NOS/c1-2-12-34(13-3-1)39-31-40(43-18-10-19-45-44-16-6-8-21-48(44)54-52(43)45)33-42(32-39)53(47-20-11-23-50-51(47)46-17-7-9-22-49(46)55-50)41-28-26-36(27-29-41)38-25-24-35-14-4-5-15-37(35)30-38/h1-33H. The van der Waals surface area contributed by atoms with Gasteiger partial charge in [0.05, 0.1) is 5.69 Å². The Morgan fingerprint density at radius 1 is 0.382 bits per heavy atom. The van der Waals surface area contributed by atoms with Crippen molar-refractivity contribution in [3.8, 4) is 33.4 Å². The summed E-state index contributed by atoms with van der Waals surface area (Å²) in [6.07, 6.45) is 0. The Balaban J connectivity index is 1.16. The first-order valence-electron chi connectivity index (χ1n) is 18.7. The Labute approximate surface area is 322 Å². The van der Waals surface area contributed by atoms with Crippen LogP contribution in [-0.4, -0.2) is 0 Å². The number of fused-ring (bicyclic) bond motifs is 7. The largest absolute Gasteiger partial charge is 0.455 e. The molecule has 0 spiro atoms. The van der Waals surface area contributed by atoms with Crippen molar-refractivity contribution in [2.45, 2.75) is 0 Å². The zero-order valence-corrected chi connectivity index (χ0v) is 30.6. The molecular formula is C52H33NOS. The molecule has 3 heteroatoms. The Morgan fingerprint density at radius 2 is 1.05 bits per heavy atom. The summed E-state index contributed by atoms with van der Waals surface area (Å²) in [5, 5.41) is 7.26. The highest BCUT2D eigenvalue weighted by Crippen LogP contribution is 2.47. The van der Waals surface area contributed by atoms with Gasteiger partial charge in [0.15, 0.2) is 0 Å². The maximum atomic E-state index is 6.62. The van der Waals surface area contributed by atoms with E-state index in [-0.39, 0.29) is 0 Å². The van der Waals surface area contributed by atoms with Gasteiger partial charge in [-0.15, -0.1) is 11.3 Å². The van der Waals surface area contributed by atoms with Crippen LogP contribution in [0.1, 0.15) is 0 Å². The molecule has 0 radical (unpaired) electrons. The number of hydrogen-bond acceptors (Lipinski definition) is 3. The lowest BCUT2D eigenvalue weighted by Crippen LogP contribution is -2.10. The first-order chi connectivity index (χ1) is 27.2. The fourth-order valence-corrected chi connectivity index (χ4v) is 9.34. The maximum Gasteiger partial charge on any atom is 0.143 e. The van der Waals surface area contributed by atoms with Crippen molar-refractivity contribution in [3.63, 3.8) is 0 Å². The van der Waals surface area contributed by atoms with E-state index in [0.717, 1.165) is 61.3 Å². The van der Waals surface area contributed by atoms with E-state index in [1.165, 1.54) is 42.1 Å². The molecule has 0 fully saturated rings. The summed E-state index contributed by atoms with van der Waals surface area (Å²) in [6.45, 7) is 0. The average Bonchev–Trinajstić information content (AvgIpc) is 3.83. The van der Waals surface area contributed by atoms with Crippen LogP contribution in [0.2, 0.25) is 0 Å². The summed E-state index contributed by atoms with van der Waals surface area (Å²) in [5.41, 5.74) is 12.0. The van der Waals surface area contributed by atoms with Gasteiger partial charge in [-0.1, -0.05) is 140 Å². The predicted molar refractivity (Wildman–Crippen MR) is 235 cm³/mol. The second-order valence-corrected chi connectivity index (χ2v) is 15.2. The van der Waals surface area contributed by atoms with Crippen LogP contribution in [-0.2, 0) is 0 Å². The number of hydrogen-bond donors (Lipinski definition) is 0. The zero-order valence-electron chi connectivity index (χ0n) is 29.8. The van der Waals surface area contributed by atoms with Crippen molar-refractivity contribution >= 4 is 81.3 Å². The molecule has 0 bridgehead atoms. The second-order valence-electron chi connectivity index (χ2n) is 14.1. The van der Waals surface area contributed by atoms with Crippen molar-refractivity contribution in [3.05, 3.63) is 200 Å². The number of nitrogens with zero attached hydrogens (tertiary/aromatic N) is 1. The van der Waals surface area contributed by atoms with Crippen LogP contribution in [0.25, 0.3) is 86.3 Å². The number of anilines is 3. The highest BCUT2D eigenvalue weighted by molar-refractivity contribution is 7.26. The van der Waals surface area contributed by atoms with Crippen LogP contribution in [0, 0.1) is 0 Å². The van der Waals surface area contributed by atoms with Gasteiger partial charge in [0, 0.05) is 47.9 Å². The number of furan rings is 1. The van der Waals surface area contributed by atoms with Gasteiger partial charge < -0.3 is 9.32 Å². The van der Waals surface area contributed by atoms with E-state index in [2.05, 4.69) is 199 Å². The summed E-state index contributed by atoms with van der Waals surface area (Å²) < 4.78 is 9.17. The van der Waals surface area contributed by atoms with Crippen LogP contribution >= 0.6 is 11.3 Å². The molecule has 11 aromatic rings. The van der Waals surface area contributed by atoms with E-state index in [1.54, 1.807) is 0 Å². The Morgan fingerprint density at radius 3 is 1.95 bits per heavy atom. The van der Waals surface area contributed by atoms with E-state index < -0.39 is 0 Å². The normalized spacial score (nSPS) is 11.6. The molecule has 2 aromatic heterocycles. The molecule has 0 aliphatic rings. The minimum absolute atomic E-state index is 0.897. The molecule has 9 aromatic carbocycles. The van der Waals surface area contributed by atoms with Gasteiger partial charge in [0.2, 0.25) is 0 Å². The van der Waals surface area contributed by atoms with Crippen LogP contribution in [0.5, 0.6) is 0 Å². The van der Waals surface area contributed by atoms with Crippen molar-refractivity contribution < 1.29 is 4.42 Å². The molecule has 2 nitrogen and oxygen atoms in total. The lowest BCUT2D eigenvalue weighted by Gasteiger charge is -2.28. The number of rotatable bonds is 6. The highest BCUT2D eigenvalue weighted by atomic mass is 32.1. The third-order valence-electron chi connectivity index (χ3n) is 10.8. The van der Waals surface area contributed by atoms with Crippen molar-refractivity contribution in [2.24, 2.45) is 0 Å². The third kappa shape index (κ3) is 5.40. The van der Waals surface area contributed by atoms with Gasteiger partial charge in [-0.3, -0.25) is 0 Å². The summed E-state index contributed by atoms with van der Waals surface area (Å²) >= 11 is 1.85. The molecule has 55 heavy (non-hydrogen) atoms. The Kier molecular flexibility index (Phi) is 7.39. The van der Waals surface area contributed by atoms with E-state index in [1.807, 2.05) is 17.4 Å². The number of thiophene rings is 1. The smallest absolute Gasteiger partial charge is 0.143 e. The van der Waals surface area contributed by atoms with Gasteiger partial charge >= 0.3 is 0 Å². The van der Waals surface area contributed by atoms with Crippen LogP contribution in [0.3, 0.4) is 0 Å². The average molecular weight is 720 g/mol. The lowest BCUT2D eigenvalue weighted by atomic mass is 9.95. The number of benzene rings is 9. The third-order valence-corrected chi connectivity index (χ3v) is 12.0. The summed E-state index contributed by atoms with van der Waals surface area (Å²) in [6, 6.07) is 72.3. The van der Waals surface area contributed by atoms with E-state index in [4.69, 9.17) is 4.42 Å². The van der Waals surface area contributed by atoms with Crippen LogP contribution < -0.4 is 4.90 Å². The second kappa shape index (κ2) is 12.9. The zero-order chi connectivity index (χ0) is 36.3. The highest BCUT2D eigenvalue weighted by Gasteiger charge is 2.21. The summed E-state index contributed by atoms with van der Waals surface area (Å²) in [4.78, 5) is 2.44. The van der Waals surface area contributed by atoms with E-state index >= 15 is 0 Å². The number of para-hydroxylation sites is 2. The molecule has 0 saturated heterocycles. The molecular weight excluding hydrogens is 687 g/mol. The first kappa shape index (κ1) is 31.6. The molecule has 0 saturated carbocycles. The van der Waals surface area contributed by atoms with Gasteiger partial charge in [0.1, 0.15) is 11.2 Å². The van der Waals surface area contributed by atoms with Gasteiger partial charge in [0.25, 0.3) is 0 Å². The summed E-state index contributed by atoms with van der Waals surface area (Å²) in [5.74, 6) is 0. The van der Waals surface area contributed by atoms with Gasteiger partial charge in [-0.25, -0.2) is 0 Å². The molecule has 0 N–H and O–H groups in total. The molecule has 2 heterocycles. The molecule has 258 valence electrons. The first-order valence-corrected chi connectivity index (χ1v) is 19.5. The SMILES string of the molecule is c1ccc(-c2cc(-c3cccc4c3oc3ccccc34)cc(N(c3ccc(-c4ccc5ccccc5c4)cc3)c3cccc4sc5ccccc5c34)c2)cc1. The quantitative estimate of drug-likeness (QED) is 0.170. The predicted octanol–water partition coefficient (Wildman–Crippen LogP) is 15.6. The molecule has 11 rings (SSSR count). The fraction of sp³-hybridized carbons (Fsp3) is 0. The maximum absolute atomic E-state index is 6.62. The molecule has 0 aliphatic carbocycles. The van der Waals surface area contributed by atoms with Crippen molar-refractivity contribution in [1.82, 2.24) is 0 Å². The van der Waals surface area contributed by atoms with Crippen LogP contribution in [0.15, 0.2) is 205 Å². The van der Waals surface area contributed by atoms with Gasteiger partial charge in [-0.05, 0) is 99.3 Å². The Bertz CT molecular complexity index is 3210. The van der Waals surface area contributed by atoms with E-state index in [9.17, 15) is 0 Å². The molecule has 0 aliphatic heterocycles.